The van der Waals surface area contributed by atoms with Crippen LogP contribution in [-0.2, 0) is 10.9 Å². The summed E-state index contributed by atoms with van der Waals surface area (Å²) in [4.78, 5) is 0. The molecule has 1 N–H and O–H groups in total. The van der Waals surface area contributed by atoms with Crippen LogP contribution < -0.4 is 5.32 Å². The Morgan fingerprint density at radius 1 is 1.24 bits per heavy atom. The minimum Gasteiger partial charge on any atom is -0.368 e. The zero-order chi connectivity index (χ0) is 12.5. The Morgan fingerprint density at radius 3 is 2.24 bits per heavy atom. The number of ether oxygens (including phenoxy) is 1. The van der Waals surface area contributed by atoms with Crippen LogP contribution in [0.25, 0.3) is 0 Å². The molecule has 1 fully saturated rings. The number of nitrogens with one attached hydrogen (secondary N) is 1. The van der Waals surface area contributed by atoms with Gasteiger partial charge in [-0.1, -0.05) is 12.1 Å². The Kier molecular flexibility index (Phi) is 3.40. The largest absolute Gasteiger partial charge is 0.416 e. The second-order valence-electron chi connectivity index (χ2n) is 4.18. The van der Waals surface area contributed by atoms with Gasteiger partial charge >= 0.3 is 6.18 Å². The van der Waals surface area contributed by atoms with Crippen LogP contribution in [0.1, 0.15) is 24.2 Å². The second kappa shape index (κ2) is 4.66. The summed E-state index contributed by atoms with van der Waals surface area (Å²) in [6.07, 6.45) is -4.28. The average Bonchev–Trinajstić information content (AvgIpc) is 2.22. The maximum Gasteiger partial charge on any atom is 0.416 e. The van der Waals surface area contributed by atoms with Crippen molar-refractivity contribution in [1.29, 1.82) is 0 Å². The van der Waals surface area contributed by atoms with Gasteiger partial charge in [-0.15, -0.1) is 0 Å². The number of halogens is 3. The van der Waals surface area contributed by atoms with Crippen molar-refractivity contribution < 1.29 is 17.9 Å². The van der Waals surface area contributed by atoms with Crippen molar-refractivity contribution in [3.8, 4) is 0 Å². The van der Waals surface area contributed by atoms with Crippen molar-refractivity contribution in [3.63, 3.8) is 0 Å². The zero-order valence-corrected chi connectivity index (χ0v) is 9.42. The first-order valence-electron chi connectivity index (χ1n) is 5.50. The van der Waals surface area contributed by atoms with E-state index in [2.05, 4.69) is 5.32 Å². The summed E-state index contributed by atoms with van der Waals surface area (Å²) < 4.78 is 42.7. The predicted octanol–water partition coefficient (Wildman–Crippen LogP) is 2.75. The molecule has 1 aromatic carbocycles. The van der Waals surface area contributed by atoms with Crippen LogP contribution in [0.5, 0.6) is 0 Å². The molecule has 0 bridgehead atoms. The van der Waals surface area contributed by atoms with Crippen molar-refractivity contribution in [2.24, 2.45) is 0 Å². The summed E-state index contributed by atoms with van der Waals surface area (Å²) in [7, 11) is 0. The number of benzene rings is 1. The van der Waals surface area contributed by atoms with E-state index in [-0.39, 0.29) is 12.2 Å². The summed E-state index contributed by atoms with van der Waals surface area (Å²) in [5.74, 6) is 0. The van der Waals surface area contributed by atoms with Crippen molar-refractivity contribution >= 4 is 0 Å². The molecule has 1 atom stereocenters. The Balaban J connectivity index is 2.01. The van der Waals surface area contributed by atoms with E-state index >= 15 is 0 Å². The molecule has 0 amide bonds. The molecule has 0 radical (unpaired) electrons. The van der Waals surface area contributed by atoms with E-state index in [1.165, 1.54) is 12.1 Å². The predicted molar refractivity (Wildman–Crippen MR) is 57.6 cm³/mol. The molecule has 0 aliphatic carbocycles. The normalized spacial score (nSPS) is 18.8. The maximum absolute atomic E-state index is 12.4. The quantitative estimate of drug-likeness (QED) is 0.884. The van der Waals surface area contributed by atoms with E-state index in [9.17, 15) is 13.2 Å². The molecule has 2 nitrogen and oxygen atoms in total. The highest BCUT2D eigenvalue weighted by atomic mass is 19.4. The molecular formula is C12H14F3NO. The minimum atomic E-state index is -4.28. The van der Waals surface area contributed by atoms with Gasteiger partial charge in [0.15, 0.2) is 0 Å². The van der Waals surface area contributed by atoms with Gasteiger partial charge in [-0.25, -0.2) is 0 Å². The van der Waals surface area contributed by atoms with Crippen LogP contribution in [-0.4, -0.2) is 19.2 Å². The molecule has 0 aromatic heterocycles. The molecular weight excluding hydrogens is 231 g/mol. The third kappa shape index (κ3) is 2.98. The topological polar surface area (TPSA) is 21.3 Å². The van der Waals surface area contributed by atoms with Gasteiger partial charge in [-0.2, -0.15) is 13.2 Å². The van der Waals surface area contributed by atoms with Crippen molar-refractivity contribution in [2.75, 3.05) is 13.1 Å². The van der Waals surface area contributed by atoms with Crippen LogP contribution in [0.4, 0.5) is 13.2 Å². The average molecular weight is 245 g/mol. The summed E-state index contributed by atoms with van der Waals surface area (Å²) in [6.45, 7) is 3.47. The molecule has 1 aromatic rings. The molecule has 1 saturated heterocycles. The fourth-order valence-electron chi connectivity index (χ4n) is 1.67. The summed E-state index contributed by atoms with van der Waals surface area (Å²) >= 11 is 0. The molecule has 1 aliphatic heterocycles. The lowest BCUT2D eigenvalue weighted by Gasteiger charge is -2.30. The Bertz CT molecular complexity index is 370. The van der Waals surface area contributed by atoms with Gasteiger partial charge in [-0.05, 0) is 24.6 Å². The molecule has 17 heavy (non-hydrogen) atoms. The fourth-order valence-corrected chi connectivity index (χ4v) is 1.67. The first kappa shape index (κ1) is 12.4. The number of hydrogen-bond donors (Lipinski definition) is 1. The molecule has 5 heteroatoms. The summed E-state index contributed by atoms with van der Waals surface area (Å²) in [6, 6.07) is 5.13. The lowest BCUT2D eigenvalue weighted by Crippen LogP contribution is -2.48. The Labute approximate surface area is 97.8 Å². The molecule has 2 rings (SSSR count). The minimum absolute atomic E-state index is 0.173. The third-order valence-corrected chi connectivity index (χ3v) is 2.85. The second-order valence-corrected chi connectivity index (χ2v) is 4.18. The first-order chi connectivity index (χ1) is 7.97. The van der Waals surface area contributed by atoms with Gasteiger partial charge in [0.1, 0.15) is 0 Å². The van der Waals surface area contributed by atoms with Crippen molar-refractivity contribution in [2.45, 2.75) is 25.3 Å². The van der Waals surface area contributed by atoms with Gasteiger partial charge in [-0.3, -0.25) is 0 Å². The lowest BCUT2D eigenvalue weighted by molar-refractivity contribution is -0.137. The lowest BCUT2D eigenvalue weighted by atomic mass is 10.1. The van der Waals surface area contributed by atoms with Crippen LogP contribution in [0, 0.1) is 0 Å². The SMILES string of the molecule is CC(OC1CNC1)c1ccc(C(F)(F)F)cc1. The van der Waals surface area contributed by atoms with Crippen LogP contribution in [0.15, 0.2) is 24.3 Å². The number of alkyl halides is 3. The van der Waals surface area contributed by atoms with Gasteiger partial charge in [0.05, 0.1) is 17.8 Å². The van der Waals surface area contributed by atoms with Gasteiger partial charge in [0, 0.05) is 13.1 Å². The van der Waals surface area contributed by atoms with Crippen molar-refractivity contribution in [1.82, 2.24) is 5.32 Å². The van der Waals surface area contributed by atoms with E-state index in [0.717, 1.165) is 30.8 Å². The van der Waals surface area contributed by atoms with Gasteiger partial charge < -0.3 is 10.1 Å². The molecule has 0 saturated carbocycles. The summed E-state index contributed by atoms with van der Waals surface area (Å²) in [5, 5.41) is 3.07. The van der Waals surface area contributed by atoms with Gasteiger partial charge in [0.2, 0.25) is 0 Å². The summed E-state index contributed by atoms with van der Waals surface area (Å²) in [5.41, 5.74) is 0.142. The van der Waals surface area contributed by atoms with E-state index in [4.69, 9.17) is 4.74 Å². The maximum atomic E-state index is 12.4. The Hall–Kier alpha value is -1.07. The van der Waals surface area contributed by atoms with E-state index in [0.29, 0.717) is 0 Å². The zero-order valence-electron chi connectivity index (χ0n) is 9.42. The smallest absolute Gasteiger partial charge is 0.368 e. The molecule has 0 spiro atoms. The number of hydrogen-bond acceptors (Lipinski definition) is 2. The third-order valence-electron chi connectivity index (χ3n) is 2.85. The number of rotatable bonds is 3. The highest BCUT2D eigenvalue weighted by molar-refractivity contribution is 5.25. The van der Waals surface area contributed by atoms with Crippen LogP contribution >= 0.6 is 0 Å². The molecule has 1 aliphatic rings. The highest BCUT2D eigenvalue weighted by Crippen LogP contribution is 2.30. The first-order valence-corrected chi connectivity index (χ1v) is 5.50. The molecule has 94 valence electrons. The standard InChI is InChI=1S/C12H14F3NO/c1-8(17-11-6-16-7-11)9-2-4-10(5-3-9)12(13,14)15/h2-5,8,11,16H,6-7H2,1H3. The van der Waals surface area contributed by atoms with Crippen LogP contribution in [0.3, 0.4) is 0 Å². The Morgan fingerprint density at radius 2 is 1.82 bits per heavy atom. The molecule has 1 unspecified atom stereocenters. The van der Waals surface area contributed by atoms with Crippen molar-refractivity contribution in [3.05, 3.63) is 35.4 Å². The fraction of sp³-hybridized carbons (Fsp3) is 0.500. The van der Waals surface area contributed by atoms with Crippen LogP contribution in [0.2, 0.25) is 0 Å². The van der Waals surface area contributed by atoms with E-state index in [1.54, 1.807) is 0 Å². The van der Waals surface area contributed by atoms with E-state index in [1.807, 2.05) is 6.92 Å². The van der Waals surface area contributed by atoms with Gasteiger partial charge in [0.25, 0.3) is 0 Å². The molecule has 1 heterocycles. The van der Waals surface area contributed by atoms with E-state index < -0.39 is 11.7 Å². The monoisotopic (exact) mass is 245 g/mol. The highest BCUT2D eigenvalue weighted by Gasteiger charge is 2.30.